The average molecular weight is 227 g/mol. The second-order valence-corrected chi connectivity index (χ2v) is 3.80. The molecule has 2 rings (SSSR count). The number of carbonyl (C=O) groups excluding carboxylic acids is 1. The molecule has 2 aromatic rings. The normalized spacial score (nSPS) is 9.94. The van der Waals surface area contributed by atoms with Gasteiger partial charge in [0.1, 0.15) is 6.33 Å². The third-order valence-electron chi connectivity index (χ3n) is 2.40. The Kier molecular flexibility index (Phi) is 3.45. The second-order valence-electron chi connectivity index (χ2n) is 3.80. The fourth-order valence-electron chi connectivity index (χ4n) is 1.41. The van der Waals surface area contributed by atoms with Crippen LogP contribution in [0.5, 0.6) is 0 Å². The molecule has 0 atom stereocenters. The van der Waals surface area contributed by atoms with E-state index < -0.39 is 0 Å². The molecule has 0 saturated heterocycles. The SMILES string of the molecule is Cc1ccc(CNC(=O)c2cncnc2)cc1. The van der Waals surface area contributed by atoms with E-state index in [1.54, 1.807) is 0 Å². The van der Waals surface area contributed by atoms with Gasteiger partial charge in [-0.2, -0.15) is 0 Å². The molecule has 1 aromatic carbocycles. The van der Waals surface area contributed by atoms with Crippen LogP contribution in [0.1, 0.15) is 21.5 Å². The lowest BCUT2D eigenvalue weighted by molar-refractivity contribution is 0.0950. The number of nitrogens with one attached hydrogen (secondary N) is 1. The van der Waals surface area contributed by atoms with Crippen molar-refractivity contribution in [2.75, 3.05) is 0 Å². The molecule has 4 nitrogen and oxygen atoms in total. The van der Waals surface area contributed by atoms with Gasteiger partial charge in [-0.1, -0.05) is 29.8 Å². The van der Waals surface area contributed by atoms with Crippen molar-refractivity contribution in [3.8, 4) is 0 Å². The molecule has 0 aliphatic heterocycles. The summed E-state index contributed by atoms with van der Waals surface area (Å²) >= 11 is 0. The van der Waals surface area contributed by atoms with Gasteiger partial charge in [0.15, 0.2) is 0 Å². The molecule has 1 N–H and O–H groups in total. The zero-order valence-corrected chi connectivity index (χ0v) is 9.55. The Bertz CT molecular complexity index is 494. The van der Waals surface area contributed by atoms with Crippen molar-refractivity contribution in [3.05, 3.63) is 59.7 Å². The van der Waals surface area contributed by atoms with E-state index in [1.165, 1.54) is 24.3 Å². The first-order chi connectivity index (χ1) is 8.25. The van der Waals surface area contributed by atoms with Crippen molar-refractivity contribution in [2.45, 2.75) is 13.5 Å². The Hall–Kier alpha value is -2.23. The molecule has 0 bridgehead atoms. The van der Waals surface area contributed by atoms with Gasteiger partial charge in [-0.05, 0) is 12.5 Å². The maximum absolute atomic E-state index is 11.7. The maximum Gasteiger partial charge on any atom is 0.254 e. The summed E-state index contributed by atoms with van der Waals surface area (Å²) in [5.74, 6) is -0.161. The smallest absolute Gasteiger partial charge is 0.254 e. The molecule has 1 amide bonds. The summed E-state index contributed by atoms with van der Waals surface area (Å²) < 4.78 is 0. The minimum Gasteiger partial charge on any atom is -0.348 e. The quantitative estimate of drug-likeness (QED) is 0.868. The van der Waals surface area contributed by atoms with Crippen LogP contribution in [0.3, 0.4) is 0 Å². The molecule has 17 heavy (non-hydrogen) atoms. The minimum atomic E-state index is -0.161. The topological polar surface area (TPSA) is 54.9 Å². The maximum atomic E-state index is 11.7. The first kappa shape index (κ1) is 11.3. The van der Waals surface area contributed by atoms with Crippen LogP contribution in [-0.2, 0) is 6.54 Å². The van der Waals surface area contributed by atoms with Gasteiger partial charge in [-0.25, -0.2) is 9.97 Å². The lowest BCUT2D eigenvalue weighted by atomic mass is 10.1. The van der Waals surface area contributed by atoms with Crippen molar-refractivity contribution in [3.63, 3.8) is 0 Å². The van der Waals surface area contributed by atoms with Crippen LogP contribution in [0, 0.1) is 6.92 Å². The molecular formula is C13H13N3O. The van der Waals surface area contributed by atoms with Crippen LogP contribution in [0.25, 0.3) is 0 Å². The van der Waals surface area contributed by atoms with E-state index >= 15 is 0 Å². The van der Waals surface area contributed by atoms with Gasteiger partial charge < -0.3 is 5.32 Å². The number of aromatic nitrogens is 2. The van der Waals surface area contributed by atoms with E-state index in [0.29, 0.717) is 12.1 Å². The highest BCUT2D eigenvalue weighted by Gasteiger charge is 2.04. The Morgan fingerprint density at radius 1 is 1.18 bits per heavy atom. The van der Waals surface area contributed by atoms with Gasteiger partial charge in [0.2, 0.25) is 0 Å². The van der Waals surface area contributed by atoms with Crippen molar-refractivity contribution in [1.29, 1.82) is 0 Å². The predicted molar refractivity (Wildman–Crippen MR) is 64.4 cm³/mol. The molecule has 4 heteroatoms. The summed E-state index contributed by atoms with van der Waals surface area (Å²) in [6.45, 7) is 2.54. The first-order valence-corrected chi connectivity index (χ1v) is 5.34. The van der Waals surface area contributed by atoms with Crippen LogP contribution in [0.2, 0.25) is 0 Å². The van der Waals surface area contributed by atoms with Gasteiger partial charge >= 0.3 is 0 Å². The molecular weight excluding hydrogens is 214 g/mol. The van der Waals surface area contributed by atoms with Gasteiger partial charge in [0.05, 0.1) is 5.56 Å². The van der Waals surface area contributed by atoms with E-state index in [0.717, 1.165) is 5.56 Å². The molecule has 86 valence electrons. The van der Waals surface area contributed by atoms with Crippen molar-refractivity contribution >= 4 is 5.91 Å². The monoisotopic (exact) mass is 227 g/mol. The molecule has 1 aromatic heterocycles. The molecule has 1 heterocycles. The molecule has 0 radical (unpaired) electrons. The Morgan fingerprint density at radius 2 is 1.82 bits per heavy atom. The number of amides is 1. The molecule has 0 unspecified atom stereocenters. The highest BCUT2D eigenvalue weighted by Crippen LogP contribution is 2.03. The summed E-state index contributed by atoms with van der Waals surface area (Å²) in [5.41, 5.74) is 2.75. The van der Waals surface area contributed by atoms with Gasteiger partial charge in [-0.3, -0.25) is 4.79 Å². The standard InChI is InChI=1S/C13H13N3O/c1-10-2-4-11(5-3-10)6-16-13(17)12-7-14-9-15-8-12/h2-5,7-9H,6H2,1H3,(H,16,17). The fraction of sp³-hybridized carbons (Fsp3) is 0.154. The Balaban J connectivity index is 1.95. The number of nitrogens with zero attached hydrogens (tertiary/aromatic N) is 2. The van der Waals surface area contributed by atoms with Crippen molar-refractivity contribution in [1.82, 2.24) is 15.3 Å². The van der Waals surface area contributed by atoms with Crippen molar-refractivity contribution in [2.24, 2.45) is 0 Å². The summed E-state index contributed by atoms with van der Waals surface area (Å²) in [4.78, 5) is 19.3. The van der Waals surface area contributed by atoms with Crippen LogP contribution in [-0.4, -0.2) is 15.9 Å². The predicted octanol–water partition coefficient (Wildman–Crippen LogP) is 1.72. The largest absolute Gasteiger partial charge is 0.348 e. The number of benzene rings is 1. The van der Waals surface area contributed by atoms with Crippen LogP contribution >= 0.6 is 0 Å². The highest BCUT2D eigenvalue weighted by molar-refractivity contribution is 5.93. The lowest BCUT2D eigenvalue weighted by Gasteiger charge is -2.05. The Morgan fingerprint density at radius 3 is 2.47 bits per heavy atom. The van der Waals surface area contributed by atoms with Gasteiger partial charge in [-0.15, -0.1) is 0 Å². The average Bonchev–Trinajstić information content (AvgIpc) is 2.39. The lowest BCUT2D eigenvalue weighted by Crippen LogP contribution is -2.23. The van der Waals surface area contributed by atoms with E-state index in [9.17, 15) is 4.79 Å². The van der Waals surface area contributed by atoms with Crippen LogP contribution in [0.15, 0.2) is 43.0 Å². The van der Waals surface area contributed by atoms with E-state index in [4.69, 9.17) is 0 Å². The van der Waals surface area contributed by atoms with Gasteiger partial charge in [0, 0.05) is 18.9 Å². The number of aryl methyl sites for hydroxylation is 1. The summed E-state index contributed by atoms with van der Waals surface area (Å²) in [6.07, 6.45) is 4.39. The van der Waals surface area contributed by atoms with Crippen LogP contribution in [0.4, 0.5) is 0 Å². The van der Waals surface area contributed by atoms with Crippen LogP contribution < -0.4 is 5.32 Å². The number of rotatable bonds is 3. The third-order valence-corrected chi connectivity index (χ3v) is 2.40. The molecule has 0 aliphatic carbocycles. The van der Waals surface area contributed by atoms with E-state index in [-0.39, 0.29) is 5.91 Å². The summed E-state index contributed by atoms with van der Waals surface area (Å²) in [5, 5.41) is 2.82. The fourth-order valence-corrected chi connectivity index (χ4v) is 1.41. The first-order valence-electron chi connectivity index (χ1n) is 5.34. The molecule has 0 spiro atoms. The zero-order valence-electron chi connectivity index (χ0n) is 9.55. The third kappa shape index (κ3) is 3.11. The number of carbonyl (C=O) groups is 1. The molecule has 0 fully saturated rings. The Labute approximate surface area is 99.7 Å². The van der Waals surface area contributed by atoms with Crippen molar-refractivity contribution < 1.29 is 4.79 Å². The van der Waals surface area contributed by atoms with Gasteiger partial charge in [0.25, 0.3) is 5.91 Å². The molecule has 0 aliphatic rings. The van der Waals surface area contributed by atoms with E-state index in [1.807, 2.05) is 31.2 Å². The highest BCUT2D eigenvalue weighted by atomic mass is 16.1. The molecule has 0 saturated carbocycles. The zero-order chi connectivity index (χ0) is 12.1. The summed E-state index contributed by atoms with van der Waals surface area (Å²) in [7, 11) is 0. The number of hydrogen-bond acceptors (Lipinski definition) is 3. The summed E-state index contributed by atoms with van der Waals surface area (Å²) in [6, 6.07) is 8.04. The second kappa shape index (κ2) is 5.21. The van der Waals surface area contributed by atoms with E-state index in [2.05, 4.69) is 15.3 Å². The minimum absolute atomic E-state index is 0.161. The number of hydrogen-bond donors (Lipinski definition) is 1.